The van der Waals surface area contributed by atoms with Gasteiger partial charge in [0, 0.05) is 53.7 Å². The Morgan fingerprint density at radius 3 is 2.60 bits per heavy atom. The average Bonchev–Trinajstić information content (AvgIpc) is 2.59. The van der Waals surface area contributed by atoms with Crippen molar-refractivity contribution < 1.29 is 9.00 Å². The first kappa shape index (κ1) is 19.2. The number of benzene rings is 2. The van der Waals surface area contributed by atoms with Crippen molar-refractivity contribution in [3.63, 3.8) is 0 Å². The number of anilines is 1. The lowest BCUT2D eigenvalue weighted by Crippen LogP contribution is -2.35. The minimum absolute atomic E-state index is 0.0930. The van der Waals surface area contributed by atoms with Crippen LogP contribution in [0.2, 0.25) is 0 Å². The summed E-state index contributed by atoms with van der Waals surface area (Å²) >= 11 is 0. The standard InChI is InChI=1S/C20H26N2O2S/c1-4-22(19-11-6-5-8-16(19)2)13-12-21-20(23)18-10-7-9-17(14-18)15-25(3)24/h5-11,14H,4,12-13,15H2,1-3H3,(H,21,23). The molecular formula is C20H26N2O2S. The Morgan fingerprint density at radius 2 is 1.92 bits per heavy atom. The van der Waals surface area contributed by atoms with Gasteiger partial charge < -0.3 is 10.2 Å². The number of hydrogen-bond donors (Lipinski definition) is 1. The van der Waals surface area contributed by atoms with E-state index in [1.165, 1.54) is 11.3 Å². The van der Waals surface area contributed by atoms with Crippen LogP contribution in [-0.2, 0) is 16.6 Å². The van der Waals surface area contributed by atoms with Crippen molar-refractivity contribution in [2.24, 2.45) is 0 Å². The average molecular weight is 359 g/mol. The third-order valence-electron chi connectivity index (χ3n) is 4.06. The molecule has 1 unspecified atom stereocenters. The van der Waals surface area contributed by atoms with Crippen molar-refractivity contribution in [2.45, 2.75) is 19.6 Å². The van der Waals surface area contributed by atoms with Gasteiger partial charge in [-0.15, -0.1) is 0 Å². The highest BCUT2D eigenvalue weighted by atomic mass is 32.2. The maximum Gasteiger partial charge on any atom is 0.251 e. The molecule has 2 rings (SSSR count). The summed E-state index contributed by atoms with van der Waals surface area (Å²) in [5.74, 6) is 0.377. The van der Waals surface area contributed by atoms with Crippen molar-refractivity contribution in [1.82, 2.24) is 5.32 Å². The Bertz CT molecular complexity index is 746. The van der Waals surface area contributed by atoms with E-state index in [-0.39, 0.29) is 5.91 Å². The lowest BCUT2D eigenvalue weighted by atomic mass is 10.1. The van der Waals surface area contributed by atoms with Gasteiger partial charge in [0.2, 0.25) is 0 Å². The molecule has 1 N–H and O–H groups in total. The summed E-state index contributed by atoms with van der Waals surface area (Å²) < 4.78 is 11.3. The van der Waals surface area contributed by atoms with Crippen LogP contribution in [0.1, 0.15) is 28.4 Å². The van der Waals surface area contributed by atoms with Crippen LogP contribution in [0.4, 0.5) is 5.69 Å². The van der Waals surface area contributed by atoms with Crippen molar-refractivity contribution in [3.05, 3.63) is 65.2 Å². The third-order valence-corrected chi connectivity index (χ3v) is 4.80. The fourth-order valence-corrected chi connectivity index (χ4v) is 3.46. The van der Waals surface area contributed by atoms with E-state index < -0.39 is 10.8 Å². The molecule has 25 heavy (non-hydrogen) atoms. The molecule has 4 nitrogen and oxygen atoms in total. The van der Waals surface area contributed by atoms with Crippen molar-refractivity contribution in [3.8, 4) is 0 Å². The fourth-order valence-electron chi connectivity index (χ4n) is 2.81. The molecule has 2 aromatic carbocycles. The van der Waals surface area contributed by atoms with Crippen molar-refractivity contribution >= 4 is 22.4 Å². The molecule has 5 heteroatoms. The smallest absolute Gasteiger partial charge is 0.251 e. The molecule has 0 spiro atoms. The summed E-state index contributed by atoms with van der Waals surface area (Å²) in [5, 5.41) is 2.98. The van der Waals surface area contributed by atoms with Crippen LogP contribution >= 0.6 is 0 Å². The minimum atomic E-state index is -0.913. The Balaban J connectivity index is 1.93. The number of rotatable bonds is 8. The molecule has 134 valence electrons. The molecule has 0 saturated heterocycles. The van der Waals surface area contributed by atoms with Crippen LogP contribution in [0.25, 0.3) is 0 Å². The van der Waals surface area contributed by atoms with Crippen molar-refractivity contribution in [2.75, 3.05) is 30.8 Å². The number of aryl methyl sites for hydroxylation is 1. The third kappa shape index (κ3) is 5.71. The van der Waals surface area contributed by atoms with Crippen LogP contribution in [0, 0.1) is 6.92 Å². The van der Waals surface area contributed by atoms with Crippen LogP contribution in [-0.4, -0.2) is 36.0 Å². The Hall–Kier alpha value is -2.14. The molecule has 0 radical (unpaired) electrons. The predicted octanol–water partition coefficient (Wildman–Crippen LogP) is 3.13. The van der Waals surface area contributed by atoms with Gasteiger partial charge >= 0.3 is 0 Å². The first-order valence-corrected chi connectivity index (χ1v) is 10.2. The number of nitrogens with zero attached hydrogens (tertiary/aromatic N) is 1. The van der Waals surface area contributed by atoms with Gasteiger partial charge in [-0.1, -0.05) is 30.3 Å². The van der Waals surface area contributed by atoms with Gasteiger partial charge in [-0.05, 0) is 43.2 Å². The summed E-state index contributed by atoms with van der Waals surface area (Å²) in [6.07, 6.45) is 1.66. The molecular weight excluding hydrogens is 332 g/mol. The fraction of sp³-hybridized carbons (Fsp3) is 0.350. The van der Waals surface area contributed by atoms with Crippen LogP contribution in [0.3, 0.4) is 0 Å². The van der Waals surface area contributed by atoms with Gasteiger partial charge in [0.25, 0.3) is 5.91 Å². The monoisotopic (exact) mass is 358 g/mol. The summed E-state index contributed by atoms with van der Waals surface area (Å²) in [6, 6.07) is 15.6. The largest absolute Gasteiger partial charge is 0.370 e. The van der Waals surface area contributed by atoms with E-state index in [1.54, 1.807) is 12.3 Å². The van der Waals surface area contributed by atoms with Crippen LogP contribution in [0.5, 0.6) is 0 Å². The number of carbonyl (C=O) groups excluding carboxylic acids is 1. The number of para-hydroxylation sites is 1. The quantitative estimate of drug-likeness (QED) is 0.789. The lowest BCUT2D eigenvalue weighted by molar-refractivity contribution is 0.0954. The first-order chi connectivity index (χ1) is 12.0. The van der Waals surface area contributed by atoms with Crippen LogP contribution in [0.15, 0.2) is 48.5 Å². The van der Waals surface area contributed by atoms with E-state index >= 15 is 0 Å². The number of carbonyl (C=O) groups is 1. The van der Waals surface area contributed by atoms with E-state index in [1.807, 2.05) is 30.3 Å². The van der Waals surface area contributed by atoms with E-state index in [9.17, 15) is 9.00 Å². The summed E-state index contributed by atoms with van der Waals surface area (Å²) in [7, 11) is -0.913. The minimum Gasteiger partial charge on any atom is -0.370 e. The molecule has 0 bridgehead atoms. The van der Waals surface area contributed by atoms with Gasteiger partial charge in [-0.25, -0.2) is 0 Å². The predicted molar refractivity (Wildman–Crippen MR) is 106 cm³/mol. The topological polar surface area (TPSA) is 49.4 Å². The van der Waals surface area contributed by atoms with E-state index in [2.05, 4.69) is 36.2 Å². The molecule has 0 heterocycles. The number of hydrogen-bond acceptors (Lipinski definition) is 3. The molecule has 2 aromatic rings. The Kier molecular flexibility index (Phi) is 7.19. The highest BCUT2D eigenvalue weighted by Crippen LogP contribution is 2.18. The summed E-state index contributed by atoms with van der Waals surface area (Å²) in [6.45, 7) is 6.43. The molecule has 0 aliphatic carbocycles. The molecule has 1 atom stereocenters. The molecule has 0 saturated carbocycles. The van der Waals surface area contributed by atoms with E-state index in [4.69, 9.17) is 0 Å². The zero-order chi connectivity index (χ0) is 18.2. The second-order valence-electron chi connectivity index (χ2n) is 6.04. The van der Waals surface area contributed by atoms with Crippen molar-refractivity contribution in [1.29, 1.82) is 0 Å². The number of amides is 1. The van der Waals surface area contributed by atoms with E-state index in [0.717, 1.165) is 18.7 Å². The zero-order valence-electron chi connectivity index (χ0n) is 15.1. The number of likely N-dealkylation sites (N-methyl/N-ethyl adjacent to an activating group) is 1. The van der Waals surface area contributed by atoms with Gasteiger partial charge in [-0.2, -0.15) is 0 Å². The Morgan fingerprint density at radius 1 is 1.16 bits per heavy atom. The molecule has 0 aliphatic heterocycles. The van der Waals surface area contributed by atoms with E-state index in [0.29, 0.717) is 17.9 Å². The van der Waals surface area contributed by atoms with Gasteiger partial charge in [0.05, 0.1) is 0 Å². The van der Waals surface area contributed by atoms with Gasteiger partial charge in [-0.3, -0.25) is 9.00 Å². The molecule has 0 aromatic heterocycles. The molecule has 1 amide bonds. The second kappa shape index (κ2) is 9.37. The van der Waals surface area contributed by atoms with Gasteiger partial charge in [0.15, 0.2) is 0 Å². The molecule has 0 fully saturated rings. The highest BCUT2D eigenvalue weighted by Gasteiger charge is 2.09. The normalized spacial score (nSPS) is 11.8. The Labute approximate surface area is 152 Å². The maximum atomic E-state index is 12.4. The van der Waals surface area contributed by atoms with Crippen LogP contribution < -0.4 is 10.2 Å². The molecule has 0 aliphatic rings. The maximum absolute atomic E-state index is 12.4. The highest BCUT2D eigenvalue weighted by molar-refractivity contribution is 7.83. The second-order valence-corrected chi connectivity index (χ2v) is 7.48. The number of nitrogens with one attached hydrogen (secondary N) is 1. The first-order valence-electron chi connectivity index (χ1n) is 8.49. The van der Waals surface area contributed by atoms with Gasteiger partial charge in [0.1, 0.15) is 0 Å². The SMILES string of the molecule is CCN(CCNC(=O)c1cccc(CS(C)=O)c1)c1ccccc1C. The lowest BCUT2D eigenvalue weighted by Gasteiger charge is -2.25. The zero-order valence-corrected chi connectivity index (χ0v) is 15.9. The summed E-state index contributed by atoms with van der Waals surface area (Å²) in [4.78, 5) is 14.6. The summed E-state index contributed by atoms with van der Waals surface area (Å²) in [5.41, 5.74) is 3.97.